The van der Waals surface area contributed by atoms with E-state index in [1.807, 2.05) is 36.9 Å². The van der Waals surface area contributed by atoms with E-state index in [-0.39, 0.29) is 17.8 Å². The summed E-state index contributed by atoms with van der Waals surface area (Å²) in [7, 11) is 0. The molecule has 2 aromatic rings. The van der Waals surface area contributed by atoms with Crippen LogP contribution in [0.1, 0.15) is 55.0 Å². The number of aliphatic imine (C=N–C) groups is 1. The van der Waals surface area contributed by atoms with Crippen LogP contribution < -0.4 is 10.6 Å². The molecule has 3 rings (SSSR count). The third kappa shape index (κ3) is 5.59. The summed E-state index contributed by atoms with van der Waals surface area (Å²) in [6.07, 6.45) is 1.58. The van der Waals surface area contributed by atoms with Crippen molar-refractivity contribution in [2.45, 2.75) is 52.7 Å². The van der Waals surface area contributed by atoms with Gasteiger partial charge in [0.25, 0.3) is 0 Å². The van der Waals surface area contributed by atoms with Crippen molar-refractivity contribution in [1.82, 2.24) is 15.5 Å². The predicted octanol–water partition coefficient (Wildman–Crippen LogP) is 4.07. The van der Waals surface area contributed by atoms with Crippen LogP contribution in [-0.4, -0.2) is 29.9 Å². The van der Waals surface area contributed by atoms with E-state index in [2.05, 4.69) is 22.8 Å². The molecule has 2 N–H and O–H groups in total. The van der Waals surface area contributed by atoms with E-state index < -0.39 is 0 Å². The maximum Gasteiger partial charge on any atom is 0.222 e. The Morgan fingerprint density at radius 1 is 1.23 bits per heavy atom. The van der Waals surface area contributed by atoms with Crippen molar-refractivity contribution in [3.8, 4) is 0 Å². The van der Waals surface area contributed by atoms with Crippen LogP contribution in [-0.2, 0) is 17.9 Å². The number of rotatable bonds is 7. The number of guanidine groups is 1. The lowest BCUT2D eigenvalue weighted by molar-refractivity contribution is -0.128. The van der Waals surface area contributed by atoms with Gasteiger partial charge in [-0.2, -0.15) is 0 Å². The number of halogens is 1. The average molecular weight is 411 g/mol. The molecule has 1 heterocycles. The number of hydrogen-bond acceptors (Lipinski definition) is 2. The molecular formula is C24H31FN4O. The number of nitrogens with zero attached hydrogens (tertiary/aromatic N) is 2. The number of amides is 1. The lowest BCUT2D eigenvalue weighted by atomic mass is 10.1. The van der Waals surface area contributed by atoms with Crippen molar-refractivity contribution in [3.05, 3.63) is 70.5 Å². The van der Waals surface area contributed by atoms with Crippen LogP contribution in [0, 0.1) is 12.7 Å². The summed E-state index contributed by atoms with van der Waals surface area (Å²) in [5, 5.41) is 6.62. The zero-order valence-corrected chi connectivity index (χ0v) is 18.0. The third-order valence-electron chi connectivity index (χ3n) is 5.45. The normalized spacial score (nSPS) is 15.4. The second-order valence-electron chi connectivity index (χ2n) is 7.76. The highest BCUT2D eigenvalue weighted by Crippen LogP contribution is 2.19. The molecular weight excluding hydrogens is 379 g/mol. The number of carbonyl (C=O) groups excluding carboxylic acids is 1. The molecule has 1 aliphatic heterocycles. The van der Waals surface area contributed by atoms with Gasteiger partial charge in [0, 0.05) is 26.1 Å². The zero-order chi connectivity index (χ0) is 21.5. The van der Waals surface area contributed by atoms with Crippen LogP contribution in [0.5, 0.6) is 0 Å². The summed E-state index contributed by atoms with van der Waals surface area (Å²) >= 11 is 0. The summed E-state index contributed by atoms with van der Waals surface area (Å²) in [5.74, 6) is 0.703. The molecule has 0 spiro atoms. The largest absolute Gasteiger partial charge is 0.357 e. The lowest BCUT2D eigenvalue weighted by Crippen LogP contribution is -2.38. The van der Waals surface area contributed by atoms with Crippen LogP contribution in [0.25, 0.3) is 0 Å². The van der Waals surface area contributed by atoms with Gasteiger partial charge >= 0.3 is 0 Å². The van der Waals surface area contributed by atoms with Crippen LogP contribution in [0.2, 0.25) is 0 Å². The molecule has 0 saturated carbocycles. The first-order valence-electron chi connectivity index (χ1n) is 10.6. The fourth-order valence-electron chi connectivity index (χ4n) is 3.59. The van der Waals surface area contributed by atoms with Crippen molar-refractivity contribution in [1.29, 1.82) is 0 Å². The van der Waals surface area contributed by atoms with Crippen LogP contribution in [0.4, 0.5) is 4.39 Å². The highest BCUT2D eigenvalue weighted by Gasteiger charge is 2.20. The molecule has 160 valence electrons. The number of likely N-dealkylation sites (tertiary alicyclic amines) is 1. The van der Waals surface area contributed by atoms with E-state index in [0.717, 1.165) is 36.2 Å². The predicted molar refractivity (Wildman–Crippen MR) is 119 cm³/mol. The molecule has 6 heteroatoms. The molecule has 0 bridgehead atoms. The molecule has 1 atom stereocenters. The summed E-state index contributed by atoms with van der Waals surface area (Å²) in [5.41, 5.74) is 3.74. The van der Waals surface area contributed by atoms with Crippen molar-refractivity contribution < 1.29 is 9.18 Å². The van der Waals surface area contributed by atoms with Crippen LogP contribution >= 0.6 is 0 Å². The molecule has 5 nitrogen and oxygen atoms in total. The number of aryl methyl sites for hydroxylation is 1. The maximum absolute atomic E-state index is 13.9. The van der Waals surface area contributed by atoms with Crippen molar-refractivity contribution in [3.63, 3.8) is 0 Å². The van der Waals surface area contributed by atoms with Gasteiger partial charge in [-0.25, -0.2) is 9.38 Å². The Hall–Kier alpha value is -2.89. The summed E-state index contributed by atoms with van der Waals surface area (Å²) in [6, 6.07) is 13.3. The van der Waals surface area contributed by atoms with Gasteiger partial charge in [0.05, 0.1) is 12.6 Å². The first-order chi connectivity index (χ1) is 14.5. The molecule has 1 fully saturated rings. The molecule has 1 unspecified atom stereocenters. The molecule has 30 heavy (non-hydrogen) atoms. The minimum Gasteiger partial charge on any atom is -0.357 e. The van der Waals surface area contributed by atoms with E-state index in [1.165, 1.54) is 0 Å². The molecule has 1 aliphatic rings. The van der Waals surface area contributed by atoms with Gasteiger partial charge in [-0.3, -0.25) is 4.79 Å². The first-order valence-corrected chi connectivity index (χ1v) is 10.6. The van der Waals surface area contributed by atoms with Gasteiger partial charge in [-0.1, -0.05) is 36.4 Å². The molecule has 0 aliphatic carbocycles. The maximum atomic E-state index is 13.9. The SMILES string of the molecule is CCNC(=NCc1ccccc1CN1CCCC1=O)NC(C)c1ccc(C)c(F)c1. The second-order valence-corrected chi connectivity index (χ2v) is 7.76. The molecule has 0 radical (unpaired) electrons. The lowest BCUT2D eigenvalue weighted by Gasteiger charge is -2.20. The average Bonchev–Trinajstić information content (AvgIpc) is 3.13. The Morgan fingerprint density at radius 3 is 2.67 bits per heavy atom. The van der Waals surface area contributed by atoms with E-state index in [4.69, 9.17) is 4.99 Å². The zero-order valence-electron chi connectivity index (χ0n) is 18.0. The Kier molecular flexibility index (Phi) is 7.44. The highest BCUT2D eigenvalue weighted by atomic mass is 19.1. The topological polar surface area (TPSA) is 56.7 Å². The van der Waals surface area contributed by atoms with Gasteiger partial charge < -0.3 is 15.5 Å². The Morgan fingerprint density at radius 2 is 2.00 bits per heavy atom. The second kappa shape index (κ2) is 10.2. The van der Waals surface area contributed by atoms with Gasteiger partial charge in [-0.05, 0) is 55.5 Å². The molecule has 2 aromatic carbocycles. The van der Waals surface area contributed by atoms with Gasteiger partial charge in [0.2, 0.25) is 5.91 Å². The monoisotopic (exact) mass is 410 g/mol. The minimum atomic E-state index is -0.200. The Bertz CT molecular complexity index is 912. The van der Waals surface area contributed by atoms with E-state index in [9.17, 15) is 9.18 Å². The Labute approximate surface area is 178 Å². The van der Waals surface area contributed by atoms with E-state index in [0.29, 0.717) is 31.0 Å². The van der Waals surface area contributed by atoms with Crippen molar-refractivity contribution >= 4 is 11.9 Å². The fraction of sp³-hybridized carbons (Fsp3) is 0.417. The standard InChI is InChI=1S/C24H31FN4O/c1-4-26-24(28-18(3)19-12-11-17(2)22(25)14-19)27-15-20-8-5-6-9-21(20)16-29-13-7-10-23(29)30/h5-6,8-9,11-12,14,18H,4,7,10,13,15-16H2,1-3H3,(H2,26,27,28). The third-order valence-corrected chi connectivity index (χ3v) is 5.45. The van der Waals surface area contributed by atoms with Crippen molar-refractivity contribution in [2.24, 2.45) is 4.99 Å². The Balaban J connectivity index is 1.71. The first kappa shape index (κ1) is 21.8. The summed E-state index contributed by atoms with van der Waals surface area (Å²) < 4.78 is 13.9. The molecule has 0 aromatic heterocycles. The van der Waals surface area contributed by atoms with Gasteiger partial charge in [0.1, 0.15) is 5.82 Å². The van der Waals surface area contributed by atoms with Gasteiger partial charge in [-0.15, -0.1) is 0 Å². The quantitative estimate of drug-likeness (QED) is 0.534. The fourth-order valence-corrected chi connectivity index (χ4v) is 3.59. The number of hydrogen-bond donors (Lipinski definition) is 2. The number of carbonyl (C=O) groups is 1. The summed E-state index contributed by atoms with van der Waals surface area (Å²) in [6.45, 7) is 8.45. The smallest absolute Gasteiger partial charge is 0.222 e. The molecule has 1 amide bonds. The van der Waals surface area contributed by atoms with E-state index in [1.54, 1.807) is 19.1 Å². The van der Waals surface area contributed by atoms with Crippen LogP contribution in [0.15, 0.2) is 47.5 Å². The highest BCUT2D eigenvalue weighted by molar-refractivity contribution is 5.80. The van der Waals surface area contributed by atoms with E-state index >= 15 is 0 Å². The van der Waals surface area contributed by atoms with Gasteiger partial charge in [0.15, 0.2) is 5.96 Å². The van der Waals surface area contributed by atoms with Crippen LogP contribution in [0.3, 0.4) is 0 Å². The number of nitrogens with one attached hydrogen (secondary N) is 2. The number of benzene rings is 2. The van der Waals surface area contributed by atoms with Crippen molar-refractivity contribution in [2.75, 3.05) is 13.1 Å². The summed E-state index contributed by atoms with van der Waals surface area (Å²) in [4.78, 5) is 18.7. The molecule has 1 saturated heterocycles. The minimum absolute atomic E-state index is 0.0876.